The van der Waals surface area contributed by atoms with Crippen molar-refractivity contribution in [2.75, 3.05) is 25.5 Å². The molecular formula is C10H16ClN3. The lowest BCUT2D eigenvalue weighted by atomic mass is 10.1. The number of anilines is 1. The van der Waals surface area contributed by atoms with Crippen LogP contribution in [0.4, 0.5) is 5.82 Å². The van der Waals surface area contributed by atoms with Crippen molar-refractivity contribution in [1.29, 1.82) is 0 Å². The molecule has 0 saturated carbocycles. The fourth-order valence-corrected chi connectivity index (χ4v) is 1.57. The molecule has 1 aliphatic heterocycles. The molecule has 14 heavy (non-hydrogen) atoms. The van der Waals surface area contributed by atoms with E-state index in [1.54, 1.807) is 0 Å². The largest absolute Gasteiger partial charge is 0.363 e. The topological polar surface area (TPSA) is 28.2 Å². The third-order valence-electron chi connectivity index (χ3n) is 2.37. The van der Waals surface area contributed by atoms with Crippen LogP contribution in [0.25, 0.3) is 0 Å². The van der Waals surface area contributed by atoms with Gasteiger partial charge in [0.05, 0.1) is 0 Å². The van der Waals surface area contributed by atoms with Gasteiger partial charge in [-0.05, 0) is 11.6 Å². The maximum absolute atomic E-state index is 4.60. The maximum atomic E-state index is 4.60. The molecule has 0 saturated heterocycles. The monoisotopic (exact) mass is 213 g/mol. The van der Waals surface area contributed by atoms with Crippen molar-refractivity contribution in [3.63, 3.8) is 0 Å². The van der Waals surface area contributed by atoms with E-state index in [1.165, 1.54) is 11.3 Å². The zero-order chi connectivity index (χ0) is 9.26. The van der Waals surface area contributed by atoms with E-state index in [-0.39, 0.29) is 12.4 Å². The molecule has 1 aromatic heterocycles. The average molecular weight is 214 g/mol. The van der Waals surface area contributed by atoms with Crippen molar-refractivity contribution in [1.82, 2.24) is 10.3 Å². The van der Waals surface area contributed by atoms with Crippen LogP contribution in [0.3, 0.4) is 0 Å². The first-order valence-electron chi connectivity index (χ1n) is 4.64. The minimum Gasteiger partial charge on any atom is -0.363 e. The summed E-state index contributed by atoms with van der Waals surface area (Å²) in [4.78, 5) is 6.64. The van der Waals surface area contributed by atoms with Gasteiger partial charge >= 0.3 is 0 Å². The molecule has 3 nitrogen and oxygen atoms in total. The number of hydrogen-bond acceptors (Lipinski definition) is 3. The first kappa shape index (κ1) is 11.3. The predicted molar refractivity (Wildman–Crippen MR) is 61.2 cm³/mol. The van der Waals surface area contributed by atoms with Gasteiger partial charge in [0.25, 0.3) is 0 Å². The van der Waals surface area contributed by atoms with Gasteiger partial charge in [-0.15, -0.1) is 12.4 Å². The number of halogens is 1. The molecule has 0 spiro atoms. The predicted octanol–water partition coefficient (Wildman–Crippen LogP) is 1.22. The van der Waals surface area contributed by atoms with Gasteiger partial charge in [0.1, 0.15) is 5.82 Å². The maximum Gasteiger partial charge on any atom is 0.128 e. The Labute approximate surface area is 90.9 Å². The summed E-state index contributed by atoms with van der Waals surface area (Å²) in [6.07, 6.45) is 1.05. The van der Waals surface area contributed by atoms with Gasteiger partial charge in [-0.3, -0.25) is 0 Å². The highest BCUT2D eigenvalue weighted by Gasteiger charge is 2.10. The summed E-state index contributed by atoms with van der Waals surface area (Å²) < 4.78 is 0. The Kier molecular flexibility index (Phi) is 3.72. The van der Waals surface area contributed by atoms with E-state index in [1.807, 2.05) is 19.0 Å². The first-order chi connectivity index (χ1) is 6.27. The Balaban J connectivity index is 0.000000980. The average Bonchev–Trinajstić information content (AvgIpc) is 2.17. The van der Waals surface area contributed by atoms with E-state index in [9.17, 15) is 0 Å². The highest BCUT2D eigenvalue weighted by molar-refractivity contribution is 5.85. The molecule has 0 atom stereocenters. The van der Waals surface area contributed by atoms with Crippen LogP contribution in [0.15, 0.2) is 12.1 Å². The molecule has 78 valence electrons. The summed E-state index contributed by atoms with van der Waals surface area (Å²) in [7, 11) is 4.05. The van der Waals surface area contributed by atoms with Crippen LogP contribution in [-0.2, 0) is 13.0 Å². The van der Waals surface area contributed by atoms with Gasteiger partial charge in [0, 0.05) is 39.3 Å². The van der Waals surface area contributed by atoms with Crippen LogP contribution in [0.5, 0.6) is 0 Å². The quantitative estimate of drug-likeness (QED) is 0.761. The van der Waals surface area contributed by atoms with Crippen LogP contribution in [0, 0.1) is 0 Å². The Morgan fingerprint density at radius 2 is 2.14 bits per heavy atom. The first-order valence-corrected chi connectivity index (χ1v) is 4.64. The van der Waals surface area contributed by atoms with Crippen molar-refractivity contribution >= 4 is 18.2 Å². The number of fused-ring (bicyclic) bond motifs is 1. The van der Waals surface area contributed by atoms with Crippen LogP contribution in [0.2, 0.25) is 0 Å². The minimum absolute atomic E-state index is 0. The molecule has 0 amide bonds. The molecule has 2 heterocycles. The van der Waals surface area contributed by atoms with E-state index < -0.39 is 0 Å². The highest BCUT2D eigenvalue weighted by Crippen LogP contribution is 2.15. The van der Waals surface area contributed by atoms with E-state index >= 15 is 0 Å². The van der Waals surface area contributed by atoms with Crippen molar-refractivity contribution in [3.8, 4) is 0 Å². The third kappa shape index (κ3) is 2.16. The van der Waals surface area contributed by atoms with Gasteiger partial charge in [-0.2, -0.15) is 0 Å². The van der Waals surface area contributed by atoms with Crippen molar-refractivity contribution in [3.05, 3.63) is 23.4 Å². The Bertz CT molecular complexity index is 312. The minimum atomic E-state index is 0. The van der Waals surface area contributed by atoms with Gasteiger partial charge < -0.3 is 10.2 Å². The lowest BCUT2D eigenvalue weighted by Crippen LogP contribution is -2.25. The van der Waals surface area contributed by atoms with Gasteiger partial charge in [-0.1, -0.05) is 6.07 Å². The molecule has 0 fully saturated rings. The van der Waals surface area contributed by atoms with Crippen LogP contribution >= 0.6 is 12.4 Å². The van der Waals surface area contributed by atoms with Crippen LogP contribution in [0.1, 0.15) is 11.3 Å². The Morgan fingerprint density at radius 1 is 1.36 bits per heavy atom. The number of pyridine rings is 1. The molecule has 0 bridgehead atoms. The Morgan fingerprint density at radius 3 is 2.86 bits per heavy atom. The summed E-state index contributed by atoms with van der Waals surface area (Å²) in [6.45, 7) is 2.02. The van der Waals surface area contributed by atoms with Gasteiger partial charge in [0.15, 0.2) is 0 Å². The van der Waals surface area contributed by atoms with Crippen molar-refractivity contribution in [2.45, 2.75) is 13.0 Å². The number of aromatic nitrogens is 1. The molecule has 1 aromatic rings. The number of nitrogens with one attached hydrogen (secondary N) is 1. The standard InChI is InChI=1S/C10H15N3.ClH/c1-13(2)10-4-3-8-7-11-6-5-9(8)12-10;/h3-4,11H,5-7H2,1-2H3;1H. The molecule has 0 radical (unpaired) electrons. The summed E-state index contributed by atoms with van der Waals surface area (Å²) in [5.41, 5.74) is 2.60. The van der Waals surface area contributed by atoms with Crippen LogP contribution < -0.4 is 10.2 Å². The van der Waals surface area contributed by atoms with Crippen LogP contribution in [-0.4, -0.2) is 25.6 Å². The smallest absolute Gasteiger partial charge is 0.128 e. The zero-order valence-corrected chi connectivity index (χ0v) is 9.40. The fraction of sp³-hybridized carbons (Fsp3) is 0.500. The second-order valence-corrected chi connectivity index (χ2v) is 3.60. The number of hydrogen-bond donors (Lipinski definition) is 1. The van der Waals surface area contributed by atoms with Crippen molar-refractivity contribution in [2.24, 2.45) is 0 Å². The molecule has 1 N–H and O–H groups in total. The van der Waals surface area contributed by atoms with Gasteiger partial charge in [0.2, 0.25) is 0 Å². The second kappa shape index (κ2) is 4.62. The van der Waals surface area contributed by atoms with Crippen molar-refractivity contribution < 1.29 is 0 Å². The van der Waals surface area contributed by atoms with E-state index in [0.717, 1.165) is 25.3 Å². The van der Waals surface area contributed by atoms with E-state index in [2.05, 4.69) is 22.4 Å². The Hall–Kier alpha value is -0.800. The number of nitrogens with zero attached hydrogens (tertiary/aromatic N) is 2. The summed E-state index contributed by atoms with van der Waals surface area (Å²) >= 11 is 0. The third-order valence-corrected chi connectivity index (χ3v) is 2.37. The molecule has 0 aromatic carbocycles. The normalized spacial score (nSPS) is 14.1. The molecule has 1 aliphatic rings. The highest BCUT2D eigenvalue weighted by atomic mass is 35.5. The van der Waals surface area contributed by atoms with E-state index in [4.69, 9.17) is 0 Å². The molecule has 2 rings (SSSR count). The zero-order valence-electron chi connectivity index (χ0n) is 8.58. The van der Waals surface area contributed by atoms with E-state index in [0.29, 0.717) is 0 Å². The summed E-state index contributed by atoms with van der Waals surface area (Å²) in [6, 6.07) is 4.25. The second-order valence-electron chi connectivity index (χ2n) is 3.60. The van der Waals surface area contributed by atoms with Gasteiger partial charge in [-0.25, -0.2) is 4.98 Å². The molecular weight excluding hydrogens is 198 g/mol. The summed E-state index contributed by atoms with van der Waals surface area (Å²) in [5.74, 6) is 1.06. The molecule has 0 unspecified atom stereocenters. The molecule has 0 aliphatic carbocycles. The fourth-order valence-electron chi connectivity index (χ4n) is 1.57. The lowest BCUT2D eigenvalue weighted by molar-refractivity contribution is 0.630. The lowest BCUT2D eigenvalue weighted by Gasteiger charge is -2.19. The number of rotatable bonds is 1. The summed E-state index contributed by atoms with van der Waals surface area (Å²) in [5, 5.41) is 3.34. The SMILES string of the molecule is CN(C)c1ccc2c(n1)CCNC2.Cl. The molecule has 4 heteroatoms.